The molecule has 0 N–H and O–H groups in total. The average molecular weight is 485 g/mol. The number of nitrogens with zero attached hydrogens (tertiary/aromatic N) is 4. The van der Waals surface area contributed by atoms with Crippen LogP contribution in [0.2, 0.25) is 0 Å². The minimum atomic E-state index is 0. The Kier molecular flexibility index (Phi) is 6.66. The molecular weight excluding hydrogens is 456 g/mol. The molecule has 0 fully saturated rings. The highest BCUT2D eigenvalue weighted by Crippen LogP contribution is 2.37. The van der Waals surface area contributed by atoms with E-state index in [1.165, 1.54) is 10.4 Å². The van der Waals surface area contributed by atoms with Gasteiger partial charge in [-0.15, -0.1) is 23.7 Å². The van der Waals surface area contributed by atoms with Gasteiger partial charge in [0.15, 0.2) is 5.65 Å². The molecule has 0 amide bonds. The van der Waals surface area contributed by atoms with Crippen molar-refractivity contribution in [3.05, 3.63) is 62.6 Å². The molecule has 0 aliphatic carbocycles. The number of benzene rings is 1. The molecule has 0 radical (unpaired) electrons. The van der Waals surface area contributed by atoms with Crippen LogP contribution in [0.1, 0.15) is 39.9 Å². The Morgan fingerprint density at radius 2 is 2.00 bits per heavy atom. The van der Waals surface area contributed by atoms with Crippen molar-refractivity contribution in [3.8, 4) is 16.9 Å². The molecular formula is C25H29ClN4O2S. The van der Waals surface area contributed by atoms with Gasteiger partial charge >= 0.3 is 0 Å². The molecule has 0 unspecified atom stereocenters. The van der Waals surface area contributed by atoms with E-state index in [9.17, 15) is 0 Å². The first-order valence-electron chi connectivity index (χ1n) is 10.9. The van der Waals surface area contributed by atoms with Gasteiger partial charge in [-0.1, -0.05) is 6.07 Å². The number of rotatable bonds is 6. The number of aromatic nitrogens is 3. The zero-order valence-corrected chi connectivity index (χ0v) is 21.3. The van der Waals surface area contributed by atoms with Gasteiger partial charge in [0.05, 0.1) is 38.3 Å². The number of thiophene rings is 1. The molecule has 4 heterocycles. The van der Waals surface area contributed by atoms with Gasteiger partial charge in [-0.05, 0) is 68.0 Å². The lowest BCUT2D eigenvalue weighted by Gasteiger charge is -2.25. The van der Waals surface area contributed by atoms with Gasteiger partial charge in [0, 0.05) is 22.5 Å². The van der Waals surface area contributed by atoms with Crippen molar-refractivity contribution < 1.29 is 9.47 Å². The van der Waals surface area contributed by atoms with Gasteiger partial charge in [-0.3, -0.25) is 0 Å². The number of methoxy groups -OCH3 is 1. The van der Waals surface area contributed by atoms with E-state index in [-0.39, 0.29) is 12.4 Å². The molecule has 1 aromatic carbocycles. The quantitative estimate of drug-likeness (QED) is 0.342. The van der Waals surface area contributed by atoms with Crippen LogP contribution in [0.25, 0.3) is 16.8 Å². The van der Waals surface area contributed by atoms with Crippen LogP contribution in [0.15, 0.2) is 29.6 Å². The van der Waals surface area contributed by atoms with Crippen molar-refractivity contribution in [2.75, 3.05) is 18.6 Å². The predicted molar refractivity (Wildman–Crippen MR) is 136 cm³/mol. The Labute approximate surface area is 204 Å². The van der Waals surface area contributed by atoms with Crippen molar-refractivity contribution in [1.29, 1.82) is 0 Å². The fourth-order valence-electron chi connectivity index (χ4n) is 4.52. The molecule has 0 saturated carbocycles. The number of aryl methyl sites for hydroxylation is 3. The van der Waals surface area contributed by atoms with Crippen molar-refractivity contribution in [1.82, 2.24) is 14.6 Å². The molecule has 6 nitrogen and oxygen atoms in total. The SMILES string of the molecule is CCN(Cc1cc(C)cs1)c1c2c(nc3c(-c4ccc(OC)cc4C)c(C)nn13)COC2.Cl. The number of hydrogen-bond acceptors (Lipinski definition) is 6. The minimum Gasteiger partial charge on any atom is -0.497 e. The van der Waals surface area contributed by atoms with Crippen LogP contribution in [0.3, 0.4) is 0 Å². The first-order valence-corrected chi connectivity index (χ1v) is 11.8. The minimum absolute atomic E-state index is 0. The highest BCUT2D eigenvalue weighted by Gasteiger charge is 2.28. The molecule has 5 rings (SSSR count). The van der Waals surface area contributed by atoms with E-state index >= 15 is 0 Å². The summed E-state index contributed by atoms with van der Waals surface area (Å²) in [5, 5.41) is 7.21. The van der Waals surface area contributed by atoms with Gasteiger partial charge < -0.3 is 14.4 Å². The zero-order valence-electron chi connectivity index (χ0n) is 19.6. The monoisotopic (exact) mass is 484 g/mol. The molecule has 0 atom stereocenters. The average Bonchev–Trinajstić information content (AvgIpc) is 3.49. The Bertz CT molecular complexity index is 1310. The second-order valence-corrected chi connectivity index (χ2v) is 9.33. The molecule has 33 heavy (non-hydrogen) atoms. The van der Waals surface area contributed by atoms with Gasteiger partial charge in [-0.25, -0.2) is 4.98 Å². The van der Waals surface area contributed by atoms with Crippen molar-refractivity contribution >= 4 is 35.2 Å². The molecule has 1 aliphatic rings. The molecule has 0 saturated heterocycles. The maximum absolute atomic E-state index is 5.83. The second kappa shape index (κ2) is 9.33. The molecule has 4 aromatic rings. The summed E-state index contributed by atoms with van der Waals surface area (Å²) in [4.78, 5) is 8.78. The van der Waals surface area contributed by atoms with Gasteiger partial charge in [0.2, 0.25) is 0 Å². The lowest BCUT2D eigenvalue weighted by atomic mass is 10.0. The van der Waals surface area contributed by atoms with Crippen molar-refractivity contribution in [2.24, 2.45) is 0 Å². The molecule has 1 aliphatic heterocycles. The van der Waals surface area contributed by atoms with Gasteiger partial charge in [0.25, 0.3) is 0 Å². The van der Waals surface area contributed by atoms with E-state index in [4.69, 9.17) is 19.6 Å². The lowest BCUT2D eigenvalue weighted by Crippen LogP contribution is -2.26. The van der Waals surface area contributed by atoms with E-state index in [1.807, 2.05) is 21.9 Å². The Morgan fingerprint density at radius 3 is 2.67 bits per heavy atom. The Morgan fingerprint density at radius 1 is 1.18 bits per heavy atom. The Hall–Kier alpha value is -2.61. The number of hydrogen-bond donors (Lipinski definition) is 0. The van der Waals surface area contributed by atoms with Gasteiger partial charge in [0.1, 0.15) is 11.6 Å². The highest BCUT2D eigenvalue weighted by atomic mass is 35.5. The third-order valence-electron chi connectivity index (χ3n) is 6.10. The van der Waals surface area contributed by atoms with Crippen LogP contribution in [-0.2, 0) is 24.5 Å². The molecule has 0 bridgehead atoms. The fourth-order valence-corrected chi connectivity index (χ4v) is 5.41. The molecule has 3 aromatic heterocycles. The summed E-state index contributed by atoms with van der Waals surface area (Å²) >= 11 is 1.81. The van der Waals surface area contributed by atoms with Crippen molar-refractivity contribution in [2.45, 2.75) is 47.5 Å². The first kappa shape index (κ1) is 23.5. The Balaban J connectivity index is 0.00000259. The van der Waals surface area contributed by atoms with Crippen LogP contribution >= 0.6 is 23.7 Å². The fraction of sp³-hybridized carbons (Fsp3) is 0.360. The number of halogens is 1. The highest BCUT2D eigenvalue weighted by molar-refractivity contribution is 7.10. The summed E-state index contributed by atoms with van der Waals surface area (Å²) in [5.41, 5.74) is 8.67. The number of fused-ring (bicyclic) bond motifs is 2. The molecule has 8 heteroatoms. The van der Waals surface area contributed by atoms with Crippen LogP contribution < -0.4 is 9.64 Å². The zero-order chi connectivity index (χ0) is 22.4. The maximum Gasteiger partial charge on any atom is 0.165 e. The van der Waals surface area contributed by atoms with E-state index in [2.05, 4.69) is 56.2 Å². The van der Waals surface area contributed by atoms with E-state index in [0.717, 1.165) is 63.9 Å². The summed E-state index contributed by atoms with van der Waals surface area (Å²) in [6.07, 6.45) is 0. The molecule has 0 spiro atoms. The van der Waals surface area contributed by atoms with Gasteiger partial charge in [-0.2, -0.15) is 9.61 Å². The standard InChI is InChI=1S/C25H28N4O2S.ClH/c1-6-28(11-19-9-15(2)14-32-19)25-21-12-31-13-22(21)26-24-23(17(4)27-29(24)25)20-8-7-18(30-5)10-16(20)3;/h7-10,14H,6,11-13H2,1-5H3;1H. The van der Waals surface area contributed by atoms with Crippen LogP contribution in [0.4, 0.5) is 5.82 Å². The van der Waals surface area contributed by atoms with E-state index in [1.54, 1.807) is 7.11 Å². The first-order chi connectivity index (χ1) is 15.5. The lowest BCUT2D eigenvalue weighted by molar-refractivity contribution is 0.133. The summed E-state index contributed by atoms with van der Waals surface area (Å²) in [5.74, 6) is 1.95. The summed E-state index contributed by atoms with van der Waals surface area (Å²) in [6, 6.07) is 8.44. The molecule has 174 valence electrons. The summed E-state index contributed by atoms with van der Waals surface area (Å²) in [6.45, 7) is 11.3. The van der Waals surface area contributed by atoms with E-state index in [0.29, 0.717) is 13.2 Å². The summed E-state index contributed by atoms with van der Waals surface area (Å²) in [7, 11) is 1.70. The number of anilines is 1. The van der Waals surface area contributed by atoms with Crippen LogP contribution in [-0.4, -0.2) is 28.3 Å². The third kappa shape index (κ3) is 4.09. The number of ether oxygens (including phenoxy) is 2. The van der Waals surface area contributed by atoms with E-state index < -0.39 is 0 Å². The smallest absolute Gasteiger partial charge is 0.165 e. The summed E-state index contributed by atoms with van der Waals surface area (Å²) < 4.78 is 13.3. The third-order valence-corrected chi connectivity index (χ3v) is 7.14. The van der Waals surface area contributed by atoms with Crippen molar-refractivity contribution in [3.63, 3.8) is 0 Å². The van der Waals surface area contributed by atoms with Crippen LogP contribution in [0.5, 0.6) is 5.75 Å². The maximum atomic E-state index is 5.83. The topological polar surface area (TPSA) is 51.9 Å². The largest absolute Gasteiger partial charge is 0.497 e. The second-order valence-electron chi connectivity index (χ2n) is 8.33. The van der Waals surface area contributed by atoms with Crippen LogP contribution in [0, 0.1) is 20.8 Å². The predicted octanol–water partition coefficient (Wildman–Crippen LogP) is 5.87. The normalized spacial score (nSPS) is 12.6.